The van der Waals surface area contributed by atoms with Gasteiger partial charge >= 0.3 is 0 Å². The molecule has 1 saturated heterocycles. The van der Waals surface area contributed by atoms with Crippen LogP contribution in [-0.2, 0) is 0 Å². The molecule has 1 aromatic carbocycles. The Morgan fingerprint density at radius 3 is 3.17 bits per heavy atom. The summed E-state index contributed by atoms with van der Waals surface area (Å²) >= 11 is 1.53. The van der Waals surface area contributed by atoms with E-state index in [4.69, 9.17) is 4.74 Å². The van der Waals surface area contributed by atoms with Crippen LogP contribution in [0.3, 0.4) is 0 Å². The van der Waals surface area contributed by atoms with E-state index in [1.54, 1.807) is 7.11 Å². The zero-order chi connectivity index (χ0) is 15.8. The third-order valence-electron chi connectivity index (χ3n) is 4.30. The summed E-state index contributed by atoms with van der Waals surface area (Å²) in [6, 6.07) is 8.07. The lowest BCUT2D eigenvalue weighted by Crippen LogP contribution is -2.30. The predicted molar refractivity (Wildman–Crippen MR) is 89.1 cm³/mol. The summed E-state index contributed by atoms with van der Waals surface area (Å²) in [4.78, 5) is 20.1. The van der Waals surface area contributed by atoms with Crippen molar-refractivity contribution in [2.75, 3.05) is 13.7 Å². The number of rotatable bonds is 3. The summed E-state index contributed by atoms with van der Waals surface area (Å²) in [5, 5.41) is 1.96. The Balaban J connectivity index is 1.64. The number of hydrogen-bond donors (Lipinski definition) is 0. The van der Waals surface area contributed by atoms with E-state index in [0.717, 1.165) is 35.7 Å². The van der Waals surface area contributed by atoms with E-state index in [0.29, 0.717) is 5.69 Å². The van der Waals surface area contributed by atoms with Crippen molar-refractivity contribution in [2.45, 2.75) is 18.9 Å². The lowest BCUT2D eigenvalue weighted by atomic mass is 10.0. The van der Waals surface area contributed by atoms with Crippen molar-refractivity contribution in [1.82, 2.24) is 14.3 Å². The van der Waals surface area contributed by atoms with Crippen LogP contribution in [0.25, 0.3) is 4.96 Å². The van der Waals surface area contributed by atoms with E-state index < -0.39 is 0 Å². The molecule has 1 aliphatic heterocycles. The minimum absolute atomic E-state index is 0.00576. The summed E-state index contributed by atoms with van der Waals surface area (Å²) in [7, 11) is 1.66. The van der Waals surface area contributed by atoms with Crippen molar-refractivity contribution >= 4 is 22.2 Å². The molecule has 0 bridgehead atoms. The number of carbonyl (C=O) groups is 1. The number of methoxy groups -OCH3 is 1. The Labute approximate surface area is 138 Å². The summed E-state index contributed by atoms with van der Waals surface area (Å²) in [6.45, 7) is 0.770. The molecule has 1 fully saturated rings. The van der Waals surface area contributed by atoms with Gasteiger partial charge in [-0.05, 0) is 30.5 Å². The molecule has 0 spiro atoms. The number of amides is 1. The number of carbonyl (C=O) groups excluding carboxylic acids is 1. The maximum Gasteiger partial charge on any atom is 0.274 e. The lowest BCUT2D eigenvalue weighted by molar-refractivity contribution is 0.0730. The molecule has 3 heterocycles. The quantitative estimate of drug-likeness (QED) is 0.741. The third kappa shape index (κ3) is 2.49. The summed E-state index contributed by atoms with van der Waals surface area (Å²) in [5.41, 5.74) is 1.64. The average Bonchev–Trinajstić information content (AvgIpc) is 3.29. The van der Waals surface area contributed by atoms with E-state index in [2.05, 4.69) is 11.1 Å². The van der Waals surface area contributed by atoms with E-state index in [9.17, 15) is 4.79 Å². The standard InChI is InChI=1S/C17H17N3O2S/c1-22-13-5-2-4-12(10-13)15-6-3-7-20(15)16(21)14-11-19-8-9-23-17(19)18-14/h2,4-5,8-11,15H,3,6-7H2,1H3/t15-/m0/s1. The monoisotopic (exact) mass is 327 g/mol. The molecule has 0 radical (unpaired) electrons. The van der Waals surface area contributed by atoms with Crippen LogP contribution < -0.4 is 4.74 Å². The van der Waals surface area contributed by atoms with Gasteiger partial charge in [-0.2, -0.15) is 0 Å². The van der Waals surface area contributed by atoms with E-state index in [1.165, 1.54) is 11.3 Å². The first kappa shape index (κ1) is 14.3. The van der Waals surface area contributed by atoms with Gasteiger partial charge in [0, 0.05) is 24.3 Å². The molecule has 1 amide bonds. The number of likely N-dealkylation sites (tertiary alicyclic amines) is 1. The van der Waals surface area contributed by atoms with Crippen molar-refractivity contribution in [1.29, 1.82) is 0 Å². The van der Waals surface area contributed by atoms with Crippen LogP contribution in [-0.4, -0.2) is 33.8 Å². The lowest BCUT2D eigenvalue weighted by Gasteiger charge is -2.24. The molecule has 5 nitrogen and oxygen atoms in total. The van der Waals surface area contributed by atoms with Gasteiger partial charge in [0.2, 0.25) is 0 Å². The molecule has 0 saturated carbocycles. The highest BCUT2D eigenvalue weighted by Crippen LogP contribution is 2.34. The SMILES string of the molecule is COc1cccc([C@@H]2CCCN2C(=O)c2cn3ccsc3n2)c1. The first-order chi connectivity index (χ1) is 11.3. The molecule has 0 aliphatic carbocycles. The fourth-order valence-electron chi connectivity index (χ4n) is 3.18. The molecule has 2 aromatic heterocycles. The van der Waals surface area contributed by atoms with E-state index in [1.807, 2.05) is 45.3 Å². The van der Waals surface area contributed by atoms with Crippen LogP contribution in [0.1, 0.15) is 34.9 Å². The van der Waals surface area contributed by atoms with Crippen LogP contribution in [0.2, 0.25) is 0 Å². The Morgan fingerprint density at radius 1 is 1.43 bits per heavy atom. The largest absolute Gasteiger partial charge is 0.497 e. The molecule has 1 aliphatic rings. The molecule has 6 heteroatoms. The van der Waals surface area contributed by atoms with Crippen LogP contribution in [0.4, 0.5) is 0 Å². The highest BCUT2D eigenvalue weighted by Gasteiger charge is 2.32. The normalized spacial score (nSPS) is 17.8. The molecule has 118 valence electrons. The average molecular weight is 327 g/mol. The highest BCUT2D eigenvalue weighted by atomic mass is 32.1. The second kappa shape index (κ2) is 5.70. The minimum atomic E-state index is 0.00576. The van der Waals surface area contributed by atoms with Crippen LogP contribution in [0.15, 0.2) is 42.0 Å². The zero-order valence-electron chi connectivity index (χ0n) is 12.8. The maximum absolute atomic E-state index is 12.9. The second-order valence-corrected chi connectivity index (χ2v) is 6.53. The number of hydrogen-bond acceptors (Lipinski definition) is 4. The van der Waals surface area contributed by atoms with Crippen molar-refractivity contribution in [3.05, 3.63) is 53.3 Å². The summed E-state index contributed by atoms with van der Waals surface area (Å²) < 4.78 is 7.20. The molecule has 23 heavy (non-hydrogen) atoms. The first-order valence-corrected chi connectivity index (χ1v) is 8.51. The fourth-order valence-corrected chi connectivity index (χ4v) is 3.88. The molecular weight excluding hydrogens is 310 g/mol. The number of nitrogens with zero attached hydrogens (tertiary/aromatic N) is 3. The smallest absolute Gasteiger partial charge is 0.274 e. The van der Waals surface area contributed by atoms with Gasteiger partial charge in [0.05, 0.1) is 13.2 Å². The first-order valence-electron chi connectivity index (χ1n) is 7.63. The Hall–Kier alpha value is -2.34. The van der Waals surface area contributed by atoms with Gasteiger partial charge in [-0.15, -0.1) is 11.3 Å². The molecule has 0 N–H and O–H groups in total. The molecular formula is C17H17N3O2S. The van der Waals surface area contributed by atoms with Gasteiger partial charge in [0.15, 0.2) is 4.96 Å². The van der Waals surface area contributed by atoms with Gasteiger partial charge in [0.1, 0.15) is 11.4 Å². The highest BCUT2D eigenvalue weighted by molar-refractivity contribution is 7.15. The molecule has 0 unspecified atom stereocenters. The van der Waals surface area contributed by atoms with Gasteiger partial charge in [-0.1, -0.05) is 12.1 Å². The molecule has 1 atom stereocenters. The van der Waals surface area contributed by atoms with Gasteiger partial charge < -0.3 is 9.64 Å². The van der Waals surface area contributed by atoms with Crippen molar-refractivity contribution in [2.24, 2.45) is 0 Å². The third-order valence-corrected chi connectivity index (χ3v) is 5.08. The number of imidazole rings is 1. The van der Waals surface area contributed by atoms with Crippen LogP contribution in [0, 0.1) is 0 Å². The summed E-state index contributed by atoms with van der Waals surface area (Å²) in [6.07, 6.45) is 5.72. The number of ether oxygens (including phenoxy) is 1. The number of thiazole rings is 1. The number of fused-ring (bicyclic) bond motifs is 1. The predicted octanol–water partition coefficient (Wildman–Crippen LogP) is 3.38. The Kier molecular flexibility index (Phi) is 3.53. The second-order valence-electron chi connectivity index (χ2n) is 5.65. The number of aromatic nitrogens is 2. The van der Waals surface area contributed by atoms with Crippen molar-refractivity contribution < 1.29 is 9.53 Å². The maximum atomic E-state index is 12.9. The minimum Gasteiger partial charge on any atom is -0.497 e. The Bertz CT molecular complexity index is 826. The zero-order valence-corrected chi connectivity index (χ0v) is 13.6. The van der Waals surface area contributed by atoms with Crippen molar-refractivity contribution in [3.63, 3.8) is 0 Å². The van der Waals surface area contributed by atoms with Crippen LogP contribution >= 0.6 is 11.3 Å². The molecule has 3 aromatic rings. The van der Waals surface area contributed by atoms with E-state index >= 15 is 0 Å². The van der Waals surface area contributed by atoms with E-state index in [-0.39, 0.29) is 11.9 Å². The van der Waals surface area contributed by atoms with Gasteiger partial charge in [-0.3, -0.25) is 9.20 Å². The topological polar surface area (TPSA) is 46.8 Å². The van der Waals surface area contributed by atoms with Crippen LogP contribution in [0.5, 0.6) is 5.75 Å². The van der Waals surface area contributed by atoms with Crippen molar-refractivity contribution in [3.8, 4) is 5.75 Å². The molecule has 4 rings (SSSR count). The fraction of sp³-hybridized carbons (Fsp3) is 0.294. The van der Waals surface area contributed by atoms with Gasteiger partial charge in [-0.25, -0.2) is 4.98 Å². The number of benzene rings is 1. The Morgan fingerprint density at radius 2 is 2.35 bits per heavy atom. The summed E-state index contributed by atoms with van der Waals surface area (Å²) in [5.74, 6) is 0.829. The van der Waals surface area contributed by atoms with Gasteiger partial charge in [0.25, 0.3) is 5.91 Å².